The van der Waals surface area contributed by atoms with Crippen LogP contribution in [0, 0.1) is 7.14 Å². The fraction of sp³-hybridized carbons (Fsp3) is 0. The maximum absolute atomic E-state index is 4.31. The maximum atomic E-state index is 4.31. The van der Waals surface area contributed by atoms with Gasteiger partial charge in [-0.2, -0.15) is 10.2 Å². The summed E-state index contributed by atoms with van der Waals surface area (Å²) in [5.74, 6) is 1.17. The third-order valence-corrected chi connectivity index (χ3v) is 5.49. The molecule has 30 heavy (non-hydrogen) atoms. The van der Waals surface area contributed by atoms with E-state index in [-0.39, 0.29) is 0 Å². The number of rotatable bonds is 6. The molecule has 0 amide bonds. The highest BCUT2D eigenvalue weighted by molar-refractivity contribution is 14.1. The number of hydrazone groups is 2. The maximum Gasteiger partial charge on any atom is 0.176 e. The van der Waals surface area contributed by atoms with E-state index in [4.69, 9.17) is 0 Å². The van der Waals surface area contributed by atoms with Crippen molar-refractivity contribution in [1.82, 2.24) is 10.2 Å². The molecule has 2 N–H and O–H groups in total. The second kappa shape index (κ2) is 9.94. The second-order valence-corrected chi connectivity index (χ2v) is 8.78. The molecule has 4 rings (SSSR count). The number of fused-ring (bicyclic) bond motifs is 1. The number of nitrogens with one attached hydrogen (secondary N) is 2. The highest BCUT2D eigenvalue weighted by Gasteiger charge is 2.07. The Morgan fingerprint density at radius 1 is 0.633 bits per heavy atom. The number of halogens is 2. The molecule has 0 atom stereocenters. The molecule has 0 unspecified atom stereocenters. The minimum atomic E-state index is 0.583. The van der Waals surface area contributed by atoms with Crippen molar-refractivity contribution in [2.75, 3.05) is 10.9 Å². The molecule has 0 fully saturated rings. The topological polar surface area (TPSA) is 74.6 Å². The van der Waals surface area contributed by atoms with Gasteiger partial charge >= 0.3 is 0 Å². The van der Waals surface area contributed by atoms with Crippen molar-refractivity contribution >= 4 is 80.0 Å². The Kier molecular flexibility index (Phi) is 6.84. The quantitative estimate of drug-likeness (QED) is 0.165. The highest BCUT2D eigenvalue weighted by Crippen LogP contribution is 2.25. The molecule has 1 heterocycles. The Bertz CT molecular complexity index is 1140. The third kappa shape index (κ3) is 5.30. The van der Waals surface area contributed by atoms with Crippen molar-refractivity contribution in [1.29, 1.82) is 0 Å². The molecule has 8 heteroatoms. The van der Waals surface area contributed by atoms with E-state index in [0.29, 0.717) is 11.6 Å². The van der Waals surface area contributed by atoms with Crippen molar-refractivity contribution in [3.63, 3.8) is 0 Å². The van der Waals surface area contributed by atoms with Gasteiger partial charge in [-0.25, -0.2) is 0 Å². The minimum absolute atomic E-state index is 0.583. The summed E-state index contributed by atoms with van der Waals surface area (Å²) in [5.41, 5.74) is 8.01. The van der Waals surface area contributed by atoms with Crippen LogP contribution in [-0.4, -0.2) is 22.6 Å². The van der Waals surface area contributed by atoms with Crippen LogP contribution in [-0.2, 0) is 0 Å². The van der Waals surface area contributed by atoms with E-state index in [2.05, 4.69) is 76.4 Å². The Hall–Kier alpha value is -2.60. The van der Waals surface area contributed by atoms with E-state index in [1.807, 2.05) is 72.8 Å². The fourth-order valence-electron chi connectivity index (χ4n) is 2.78. The van der Waals surface area contributed by atoms with Gasteiger partial charge in [-0.1, -0.05) is 48.5 Å². The molecule has 3 aromatic carbocycles. The van der Waals surface area contributed by atoms with Crippen LogP contribution < -0.4 is 10.9 Å². The van der Waals surface area contributed by atoms with E-state index in [0.717, 1.165) is 29.0 Å². The molecule has 0 aliphatic heterocycles. The first-order valence-corrected chi connectivity index (χ1v) is 11.2. The van der Waals surface area contributed by atoms with Crippen LogP contribution in [0.15, 0.2) is 83.0 Å². The van der Waals surface area contributed by atoms with Gasteiger partial charge < -0.3 is 0 Å². The second-order valence-electron chi connectivity index (χ2n) is 6.29. The molecule has 4 aromatic rings. The predicted molar refractivity (Wildman–Crippen MR) is 140 cm³/mol. The summed E-state index contributed by atoms with van der Waals surface area (Å²) in [6, 6.07) is 24.0. The van der Waals surface area contributed by atoms with Crippen molar-refractivity contribution in [3.05, 3.63) is 91.1 Å². The summed E-state index contributed by atoms with van der Waals surface area (Å²) in [5, 5.41) is 19.0. The Balaban J connectivity index is 1.54. The van der Waals surface area contributed by atoms with Gasteiger partial charge in [-0.05, 0) is 80.6 Å². The lowest BCUT2D eigenvalue weighted by Crippen LogP contribution is -2.01. The Morgan fingerprint density at radius 2 is 1.10 bits per heavy atom. The molecule has 0 aliphatic rings. The zero-order valence-corrected chi connectivity index (χ0v) is 19.9. The van der Waals surface area contributed by atoms with Crippen LogP contribution in [0.5, 0.6) is 0 Å². The van der Waals surface area contributed by atoms with Crippen molar-refractivity contribution < 1.29 is 0 Å². The molecule has 6 nitrogen and oxygen atoms in total. The van der Waals surface area contributed by atoms with Gasteiger partial charge in [0.15, 0.2) is 11.6 Å². The van der Waals surface area contributed by atoms with Gasteiger partial charge in [0, 0.05) is 17.9 Å². The average Bonchev–Trinajstić information content (AvgIpc) is 2.75. The van der Waals surface area contributed by atoms with Crippen LogP contribution in [0.1, 0.15) is 11.1 Å². The van der Waals surface area contributed by atoms with Crippen molar-refractivity contribution in [3.8, 4) is 0 Å². The summed E-state index contributed by atoms with van der Waals surface area (Å²) in [6.45, 7) is 0. The predicted octanol–water partition coefficient (Wildman–Crippen LogP) is 5.73. The smallest absolute Gasteiger partial charge is 0.176 e. The first-order chi connectivity index (χ1) is 14.7. The summed E-state index contributed by atoms with van der Waals surface area (Å²) in [7, 11) is 0. The summed E-state index contributed by atoms with van der Waals surface area (Å²) < 4.78 is 2.31. The lowest BCUT2D eigenvalue weighted by atomic mass is 10.2. The SMILES string of the molecule is Ic1cccc(/C=N/Nc2nnc(N/N=C/c3cccc(I)c3)c3ccccc23)c1. The number of aromatic nitrogens is 2. The van der Waals surface area contributed by atoms with E-state index >= 15 is 0 Å². The summed E-state index contributed by atoms with van der Waals surface area (Å²) in [6.07, 6.45) is 3.52. The van der Waals surface area contributed by atoms with Crippen LogP contribution in [0.4, 0.5) is 11.6 Å². The standard InChI is InChI=1S/C22H16I2N6/c23-17-7-3-5-15(11-17)13-25-27-21-19-9-1-2-10-20(19)22(30-29-21)28-26-14-16-6-4-8-18(24)12-16/h1-14H,(H,27,29)(H,28,30)/b25-13+,26-14+. The van der Waals surface area contributed by atoms with E-state index in [9.17, 15) is 0 Å². The largest absolute Gasteiger partial charge is 0.259 e. The van der Waals surface area contributed by atoms with E-state index in [1.54, 1.807) is 12.4 Å². The van der Waals surface area contributed by atoms with Gasteiger partial charge in [0.1, 0.15) is 0 Å². The molecule has 148 valence electrons. The number of nitrogens with zero attached hydrogens (tertiary/aromatic N) is 4. The number of hydrogen-bond donors (Lipinski definition) is 2. The lowest BCUT2D eigenvalue weighted by molar-refractivity contribution is 1.03. The van der Waals surface area contributed by atoms with Gasteiger partial charge in [0.05, 0.1) is 12.4 Å². The Morgan fingerprint density at radius 3 is 1.53 bits per heavy atom. The Labute approximate surface area is 201 Å². The molecule has 0 radical (unpaired) electrons. The third-order valence-electron chi connectivity index (χ3n) is 4.15. The van der Waals surface area contributed by atoms with Crippen LogP contribution in [0.25, 0.3) is 10.8 Å². The summed E-state index contributed by atoms with van der Waals surface area (Å²) >= 11 is 4.55. The number of anilines is 2. The van der Waals surface area contributed by atoms with Gasteiger partial charge in [0.2, 0.25) is 0 Å². The van der Waals surface area contributed by atoms with Crippen molar-refractivity contribution in [2.45, 2.75) is 0 Å². The molecule has 0 spiro atoms. The number of benzene rings is 3. The van der Waals surface area contributed by atoms with Gasteiger partial charge in [-0.15, -0.1) is 10.2 Å². The molecule has 0 saturated heterocycles. The van der Waals surface area contributed by atoms with Crippen LogP contribution >= 0.6 is 45.2 Å². The fourth-order valence-corrected chi connectivity index (χ4v) is 3.91. The van der Waals surface area contributed by atoms with Gasteiger partial charge in [-0.3, -0.25) is 10.9 Å². The summed E-state index contributed by atoms with van der Waals surface area (Å²) in [4.78, 5) is 0. The molecular formula is C22H16I2N6. The number of hydrogen-bond acceptors (Lipinski definition) is 6. The zero-order chi connectivity index (χ0) is 20.8. The van der Waals surface area contributed by atoms with E-state index < -0.39 is 0 Å². The van der Waals surface area contributed by atoms with Crippen LogP contribution in [0.2, 0.25) is 0 Å². The highest BCUT2D eigenvalue weighted by atomic mass is 127. The lowest BCUT2D eigenvalue weighted by Gasteiger charge is -2.08. The van der Waals surface area contributed by atoms with Crippen molar-refractivity contribution in [2.24, 2.45) is 10.2 Å². The molecule has 0 saturated carbocycles. The van der Waals surface area contributed by atoms with Gasteiger partial charge in [0.25, 0.3) is 0 Å². The minimum Gasteiger partial charge on any atom is -0.259 e. The molecular weight excluding hydrogens is 602 g/mol. The normalized spacial score (nSPS) is 11.4. The molecule has 0 aliphatic carbocycles. The van der Waals surface area contributed by atoms with Crippen LogP contribution in [0.3, 0.4) is 0 Å². The first-order valence-electron chi connectivity index (χ1n) is 9.04. The average molecular weight is 618 g/mol. The first kappa shape index (κ1) is 20.7. The zero-order valence-electron chi connectivity index (χ0n) is 15.6. The molecule has 1 aromatic heterocycles. The van der Waals surface area contributed by atoms with E-state index in [1.165, 1.54) is 0 Å². The molecule has 0 bridgehead atoms. The monoisotopic (exact) mass is 618 g/mol.